The molecule has 1 amide bonds. The fourth-order valence-corrected chi connectivity index (χ4v) is 5.10. The molecule has 0 spiro atoms. The Bertz CT molecular complexity index is 1210. The topological polar surface area (TPSA) is 75.7 Å². The molecule has 32 heavy (non-hydrogen) atoms. The number of halogens is 1. The predicted octanol–water partition coefficient (Wildman–Crippen LogP) is 3.96. The molecule has 3 aromatic carbocycles. The van der Waals surface area contributed by atoms with E-state index in [-0.39, 0.29) is 17.3 Å². The monoisotopic (exact) mass is 470 g/mol. The van der Waals surface area contributed by atoms with Gasteiger partial charge >= 0.3 is 0 Å². The number of amides is 1. The lowest BCUT2D eigenvalue weighted by molar-refractivity contribution is -0.127. The fourth-order valence-electron chi connectivity index (χ4n) is 3.50. The normalized spacial score (nSPS) is 15.6. The highest BCUT2D eigenvalue weighted by atomic mass is 35.5. The SMILES string of the molecule is Cc1ccc(S(=O)(=O)N2CC(C(=O)NCCc3ccc(Cl)cc3)Oc3ccccc32)cc1. The first-order valence-electron chi connectivity index (χ1n) is 10.2. The molecule has 0 saturated heterocycles. The third-order valence-corrected chi connectivity index (χ3v) is 7.31. The van der Waals surface area contributed by atoms with Gasteiger partial charge in [-0.3, -0.25) is 9.10 Å². The number of ether oxygens (including phenoxy) is 1. The quantitative estimate of drug-likeness (QED) is 0.591. The molecule has 1 aliphatic heterocycles. The van der Waals surface area contributed by atoms with Crippen molar-refractivity contribution in [2.45, 2.75) is 24.3 Å². The van der Waals surface area contributed by atoms with Gasteiger partial charge in [-0.05, 0) is 55.3 Å². The zero-order valence-electron chi connectivity index (χ0n) is 17.5. The summed E-state index contributed by atoms with van der Waals surface area (Å²) in [6.45, 7) is 2.18. The number of hydrogen-bond acceptors (Lipinski definition) is 4. The Kier molecular flexibility index (Phi) is 6.39. The van der Waals surface area contributed by atoms with Crippen molar-refractivity contribution in [2.24, 2.45) is 0 Å². The summed E-state index contributed by atoms with van der Waals surface area (Å²) in [4.78, 5) is 13.0. The molecule has 0 radical (unpaired) electrons. The van der Waals surface area contributed by atoms with Crippen LogP contribution in [0.15, 0.2) is 77.7 Å². The number of hydrogen-bond donors (Lipinski definition) is 1. The molecule has 0 aromatic heterocycles. The summed E-state index contributed by atoms with van der Waals surface area (Å²) < 4.78 is 33.9. The Morgan fingerprint density at radius 2 is 1.75 bits per heavy atom. The van der Waals surface area contributed by atoms with E-state index in [4.69, 9.17) is 16.3 Å². The summed E-state index contributed by atoms with van der Waals surface area (Å²) in [5.74, 6) is -0.00939. The van der Waals surface area contributed by atoms with E-state index in [2.05, 4.69) is 5.32 Å². The Balaban J connectivity index is 1.52. The van der Waals surface area contributed by atoms with Crippen molar-refractivity contribution in [1.29, 1.82) is 0 Å². The molecule has 1 N–H and O–H groups in total. The van der Waals surface area contributed by atoms with Crippen LogP contribution in [0.5, 0.6) is 5.75 Å². The number of carbonyl (C=O) groups excluding carboxylic acids is 1. The zero-order chi connectivity index (χ0) is 22.7. The molecular weight excluding hydrogens is 448 g/mol. The smallest absolute Gasteiger partial charge is 0.264 e. The van der Waals surface area contributed by atoms with Crippen molar-refractivity contribution in [2.75, 3.05) is 17.4 Å². The molecule has 0 fully saturated rings. The summed E-state index contributed by atoms with van der Waals surface area (Å²) in [6.07, 6.45) is -0.340. The van der Waals surface area contributed by atoms with Crippen LogP contribution in [0.1, 0.15) is 11.1 Å². The Labute approximate surface area is 192 Å². The molecule has 8 heteroatoms. The van der Waals surface area contributed by atoms with E-state index in [1.807, 2.05) is 19.1 Å². The number of rotatable bonds is 6. The van der Waals surface area contributed by atoms with Crippen LogP contribution in [-0.4, -0.2) is 33.5 Å². The summed E-state index contributed by atoms with van der Waals surface area (Å²) in [7, 11) is -3.87. The van der Waals surface area contributed by atoms with Crippen molar-refractivity contribution in [3.63, 3.8) is 0 Å². The standard InChI is InChI=1S/C24H23ClN2O4S/c1-17-6-12-20(13-7-17)32(29,30)27-16-23(31-22-5-3-2-4-21(22)27)24(28)26-15-14-18-8-10-19(25)11-9-18/h2-13,23H,14-16H2,1H3,(H,26,28). The second-order valence-corrected chi connectivity index (χ2v) is 9.89. The molecule has 1 atom stereocenters. The predicted molar refractivity (Wildman–Crippen MR) is 125 cm³/mol. The lowest BCUT2D eigenvalue weighted by Gasteiger charge is -2.34. The maximum absolute atomic E-state index is 13.4. The molecule has 0 bridgehead atoms. The van der Waals surface area contributed by atoms with Crippen LogP contribution < -0.4 is 14.4 Å². The van der Waals surface area contributed by atoms with Crippen molar-refractivity contribution in [1.82, 2.24) is 5.32 Å². The van der Waals surface area contributed by atoms with Crippen LogP contribution in [0.2, 0.25) is 5.02 Å². The third-order valence-electron chi connectivity index (χ3n) is 5.26. The highest BCUT2D eigenvalue weighted by Gasteiger charge is 2.37. The van der Waals surface area contributed by atoms with Crippen molar-refractivity contribution in [3.8, 4) is 5.75 Å². The van der Waals surface area contributed by atoms with E-state index in [0.717, 1.165) is 11.1 Å². The Hall–Kier alpha value is -3.03. The van der Waals surface area contributed by atoms with Crippen LogP contribution in [0.4, 0.5) is 5.69 Å². The van der Waals surface area contributed by atoms with Gasteiger partial charge < -0.3 is 10.1 Å². The average molecular weight is 471 g/mol. The van der Waals surface area contributed by atoms with E-state index in [0.29, 0.717) is 29.4 Å². The number of benzene rings is 3. The number of nitrogens with one attached hydrogen (secondary N) is 1. The zero-order valence-corrected chi connectivity index (χ0v) is 19.1. The molecule has 1 aliphatic rings. The molecule has 0 saturated carbocycles. The van der Waals surface area contributed by atoms with Crippen molar-refractivity contribution < 1.29 is 17.9 Å². The highest BCUT2D eigenvalue weighted by Crippen LogP contribution is 2.36. The molecule has 0 aliphatic carbocycles. The van der Waals surface area contributed by atoms with Gasteiger partial charge in [0, 0.05) is 11.6 Å². The van der Waals surface area contributed by atoms with Gasteiger partial charge in [-0.1, -0.05) is 53.6 Å². The summed E-state index contributed by atoms with van der Waals surface area (Å²) in [5, 5.41) is 3.50. The number of anilines is 1. The fraction of sp³-hybridized carbons (Fsp3) is 0.208. The second kappa shape index (κ2) is 9.22. The van der Waals surface area contributed by atoms with E-state index >= 15 is 0 Å². The minimum absolute atomic E-state index is 0.111. The van der Waals surface area contributed by atoms with Gasteiger partial charge in [-0.25, -0.2) is 8.42 Å². The number of nitrogens with zero attached hydrogens (tertiary/aromatic N) is 1. The first kappa shape index (κ1) is 22.2. The number of aryl methyl sites for hydroxylation is 1. The van der Waals surface area contributed by atoms with Crippen LogP contribution >= 0.6 is 11.6 Å². The van der Waals surface area contributed by atoms with Crippen LogP contribution in [0, 0.1) is 6.92 Å². The highest BCUT2D eigenvalue weighted by molar-refractivity contribution is 7.92. The van der Waals surface area contributed by atoms with Gasteiger partial charge in [0.2, 0.25) is 0 Å². The average Bonchev–Trinajstić information content (AvgIpc) is 2.79. The molecule has 1 unspecified atom stereocenters. The molecule has 3 aromatic rings. The van der Waals surface area contributed by atoms with Gasteiger partial charge in [0.15, 0.2) is 6.10 Å². The molecule has 4 rings (SSSR count). The van der Waals surface area contributed by atoms with E-state index in [1.165, 1.54) is 4.31 Å². The van der Waals surface area contributed by atoms with Gasteiger partial charge in [0.1, 0.15) is 5.75 Å². The largest absolute Gasteiger partial charge is 0.476 e. The van der Waals surface area contributed by atoms with Crippen LogP contribution in [0.3, 0.4) is 0 Å². The van der Waals surface area contributed by atoms with Gasteiger partial charge in [0.05, 0.1) is 17.1 Å². The minimum atomic E-state index is -3.87. The number of para-hydroxylation sites is 2. The summed E-state index contributed by atoms with van der Waals surface area (Å²) >= 11 is 5.90. The molecule has 1 heterocycles. The van der Waals surface area contributed by atoms with E-state index < -0.39 is 16.1 Å². The third kappa shape index (κ3) is 4.74. The van der Waals surface area contributed by atoms with Crippen LogP contribution in [-0.2, 0) is 21.2 Å². The van der Waals surface area contributed by atoms with Crippen LogP contribution in [0.25, 0.3) is 0 Å². The number of fused-ring (bicyclic) bond motifs is 1. The van der Waals surface area contributed by atoms with Gasteiger partial charge in [-0.2, -0.15) is 0 Å². The maximum Gasteiger partial charge on any atom is 0.264 e. The number of sulfonamides is 1. The number of carbonyl (C=O) groups is 1. The lowest BCUT2D eigenvalue weighted by atomic mass is 10.1. The van der Waals surface area contributed by atoms with E-state index in [9.17, 15) is 13.2 Å². The summed E-state index contributed by atoms with van der Waals surface area (Å²) in [5.41, 5.74) is 2.41. The van der Waals surface area contributed by atoms with E-state index in [1.54, 1.807) is 60.7 Å². The molecule has 6 nitrogen and oxygen atoms in total. The minimum Gasteiger partial charge on any atom is -0.476 e. The van der Waals surface area contributed by atoms with Crippen molar-refractivity contribution in [3.05, 3.63) is 88.9 Å². The Morgan fingerprint density at radius 1 is 1.06 bits per heavy atom. The molecule has 166 valence electrons. The van der Waals surface area contributed by atoms with Gasteiger partial charge in [-0.15, -0.1) is 0 Å². The lowest BCUT2D eigenvalue weighted by Crippen LogP contribution is -2.51. The second-order valence-electron chi connectivity index (χ2n) is 7.59. The molecular formula is C24H23ClN2O4S. The first-order valence-corrected chi connectivity index (χ1v) is 12.0. The Morgan fingerprint density at radius 3 is 2.47 bits per heavy atom. The summed E-state index contributed by atoms with van der Waals surface area (Å²) in [6, 6.07) is 20.9. The van der Waals surface area contributed by atoms with Crippen molar-refractivity contribution >= 4 is 33.2 Å². The van der Waals surface area contributed by atoms with Gasteiger partial charge in [0.25, 0.3) is 15.9 Å². The first-order chi connectivity index (χ1) is 15.3. The maximum atomic E-state index is 13.4.